The maximum atomic E-state index is 13.3. The molecule has 21 heavy (non-hydrogen) atoms. The number of carbonyl (C=O) groups excluding carboxylic acids is 1. The van der Waals surface area contributed by atoms with Crippen molar-refractivity contribution in [3.63, 3.8) is 0 Å². The predicted octanol–water partition coefficient (Wildman–Crippen LogP) is 3.21. The van der Waals surface area contributed by atoms with Crippen LogP contribution < -0.4 is 5.32 Å². The van der Waals surface area contributed by atoms with Gasteiger partial charge in [0.1, 0.15) is 5.82 Å². The average molecular weight is 308 g/mol. The minimum Gasteiger partial charge on any atom is -0.392 e. The van der Waals surface area contributed by atoms with E-state index in [-0.39, 0.29) is 24.6 Å². The zero-order valence-corrected chi connectivity index (χ0v) is 12.2. The molecule has 0 radical (unpaired) electrons. The molecule has 0 saturated carbocycles. The van der Waals surface area contributed by atoms with Crippen molar-refractivity contribution in [3.05, 3.63) is 69.5 Å². The van der Waals surface area contributed by atoms with Gasteiger partial charge < -0.3 is 10.4 Å². The highest BCUT2D eigenvalue weighted by Crippen LogP contribution is 2.15. The molecule has 5 heteroatoms. The Balaban J connectivity index is 2.07. The van der Waals surface area contributed by atoms with Crippen molar-refractivity contribution in [1.82, 2.24) is 5.32 Å². The summed E-state index contributed by atoms with van der Waals surface area (Å²) in [7, 11) is 0. The number of benzene rings is 2. The van der Waals surface area contributed by atoms with Crippen LogP contribution in [0.25, 0.3) is 0 Å². The molecule has 0 fully saturated rings. The zero-order chi connectivity index (χ0) is 15.4. The summed E-state index contributed by atoms with van der Waals surface area (Å²) in [4.78, 5) is 12.1. The summed E-state index contributed by atoms with van der Waals surface area (Å²) in [5, 5.41) is 12.4. The summed E-state index contributed by atoms with van der Waals surface area (Å²) in [6.07, 6.45) is 0. The monoisotopic (exact) mass is 307 g/mol. The first-order valence-electron chi connectivity index (χ1n) is 6.44. The van der Waals surface area contributed by atoms with E-state index in [1.54, 1.807) is 24.3 Å². The standard InChI is InChI=1S/C16H15ClFNO2/c1-10-6-13(17)3-4-14(10)16(21)19-8-11-2-5-15(18)12(7-11)9-20/h2-7,20H,8-9H2,1H3,(H,19,21). The van der Waals surface area contributed by atoms with Gasteiger partial charge in [-0.15, -0.1) is 0 Å². The van der Waals surface area contributed by atoms with Crippen molar-refractivity contribution >= 4 is 17.5 Å². The van der Waals surface area contributed by atoms with Gasteiger partial charge in [-0.25, -0.2) is 4.39 Å². The van der Waals surface area contributed by atoms with Crippen molar-refractivity contribution in [1.29, 1.82) is 0 Å². The number of carbonyl (C=O) groups is 1. The molecule has 0 bridgehead atoms. The third kappa shape index (κ3) is 3.80. The van der Waals surface area contributed by atoms with Gasteiger partial charge in [0, 0.05) is 22.7 Å². The highest BCUT2D eigenvalue weighted by atomic mass is 35.5. The van der Waals surface area contributed by atoms with E-state index < -0.39 is 5.82 Å². The molecule has 0 aromatic heterocycles. The SMILES string of the molecule is Cc1cc(Cl)ccc1C(=O)NCc1ccc(F)c(CO)c1. The first kappa shape index (κ1) is 15.5. The lowest BCUT2D eigenvalue weighted by Gasteiger charge is -2.09. The second-order valence-corrected chi connectivity index (χ2v) is 5.16. The Bertz CT molecular complexity index is 673. The number of rotatable bonds is 4. The Morgan fingerprint density at radius 1 is 1.29 bits per heavy atom. The lowest BCUT2D eigenvalue weighted by atomic mass is 10.1. The Hall–Kier alpha value is -1.91. The fraction of sp³-hybridized carbons (Fsp3) is 0.188. The Kier molecular flexibility index (Phi) is 4.94. The quantitative estimate of drug-likeness (QED) is 0.911. The average Bonchev–Trinajstić information content (AvgIpc) is 2.46. The third-order valence-electron chi connectivity index (χ3n) is 3.17. The molecule has 0 atom stereocenters. The summed E-state index contributed by atoms with van der Waals surface area (Å²) < 4.78 is 13.3. The van der Waals surface area contributed by atoms with Crippen LogP contribution in [0.1, 0.15) is 27.0 Å². The summed E-state index contributed by atoms with van der Waals surface area (Å²) in [5.41, 5.74) is 2.27. The fourth-order valence-electron chi connectivity index (χ4n) is 2.02. The molecule has 0 unspecified atom stereocenters. The number of aliphatic hydroxyl groups excluding tert-OH is 1. The van der Waals surface area contributed by atoms with Crippen LogP contribution in [0, 0.1) is 12.7 Å². The third-order valence-corrected chi connectivity index (χ3v) is 3.40. The summed E-state index contributed by atoms with van der Waals surface area (Å²) in [6, 6.07) is 9.43. The molecule has 110 valence electrons. The molecule has 0 saturated heterocycles. The minimum atomic E-state index is -0.457. The number of aryl methyl sites for hydroxylation is 1. The summed E-state index contributed by atoms with van der Waals surface area (Å²) >= 11 is 5.85. The molecular formula is C16H15ClFNO2. The number of halogens is 2. The van der Waals surface area contributed by atoms with Crippen LogP contribution in [0.4, 0.5) is 4.39 Å². The van der Waals surface area contributed by atoms with E-state index in [0.717, 1.165) is 11.1 Å². The molecule has 2 aromatic carbocycles. The molecule has 0 aliphatic carbocycles. The van der Waals surface area contributed by atoms with Gasteiger partial charge in [-0.1, -0.05) is 17.7 Å². The molecule has 3 nitrogen and oxygen atoms in total. The van der Waals surface area contributed by atoms with Crippen LogP contribution in [-0.2, 0) is 13.2 Å². The first-order valence-corrected chi connectivity index (χ1v) is 6.81. The van der Waals surface area contributed by atoms with Gasteiger partial charge in [-0.2, -0.15) is 0 Å². The van der Waals surface area contributed by atoms with E-state index in [9.17, 15) is 9.18 Å². The molecule has 0 aliphatic heterocycles. The molecule has 1 amide bonds. The maximum Gasteiger partial charge on any atom is 0.251 e. The van der Waals surface area contributed by atoms with Gasteiger partial charge in [-0.3, -0.25) is 4.79 Å². The Morgan fingerprint density at radius 2 is 2.05 bits per heavy atom. The van der Waals surface area contributed by atoms with Crippen molar-refractivity contribution in [2.24, 2.45) is 0 Å². The van der Waals surface area contributed by atoms with Gasteiger partial charge in [0.15, 0.2) is 0 Å². The number of aliphatic hydroxyl groups is 1. The number of nitrogens with one attached hydrogen (secondary N) is 1. The molecule has 0 aliphatic rings. The van der Waals surface area contributed by atoms with E-state index in [1.165, 1.54) is 12.1 Å². The fourth-order valence-corrected chi connectivity index (χ4v) is 2.25. The van der Waals surface area contributed by atoms with E-state index >= 15 is 0 Å². The van der Waals surface area contributed by atoms with Crippen molar-refractivity contribution in [2.45, 2.75) is 20.1 Å². The maximum absolute atomic E-state index is 13.3. The minimum absolute atomic E-state index is 0.212. The van der Waals surface area contributed by atoms with Crippen molar-refractivity contribution in [3.8, 4) is 0 Å². The largest absolute Gasteiger partial charge is 0.392 e. The van der Waals surface area contributed by atoms with E-state index in [2.05, 4.69) is 5.32 Å². The van der Waals surface area contributed by atoms with Gasteiger partial charge in [0.2, 0.25) is 0 Å². The Labute approximate surface area is 127 Å². The molecule has 0 heterocycles. The van der Waals surface area contributed by atoms with Crippen LogP contribution >= 0.6 is 11.6 Å². The normalized spacial score (nSPS) is 10.5. The summed E-state index contributed by atoms with van der Waals surface area (Å²) in [6.45, 7) is 1.70. The van der Waals surface area contributed by atoms with Gasteiger partial charge >= 0.3 is 0 Å². The molecular weight excluding hydrogens is 293 g/mol. The number of hydrogen-bond donors (Lipinski definition) is 2. The number of amides is 1. The van der Waals surface area contributed by atoms with Crippen LogP contribution in [-0.4, -0.2) is 11.0 Å². The van der Waals surface area contributed by atoms with Crippen LogP contribution in [0.3, 0.4) is 0 Å². The Morgan fingerprint density at radius 3 is 2.71 bits per heavy atom. The number of hydrogen-bond acceptors (Lipinski definition) is 2. The predicted molar refractivity (Wildman–Crippen MR) is 79.7 cm³/mol. The highest BCUT2D eigenvalue weighted by Gasteiger charge is 2.09. The topological polar surface area (TPSA) is 49.3 Å². The molecule has 0 spiro atoms. The van der Waals surface area contributed by atoms with E-state index in [4.69, 9.17) is 16.7 Å². The van der Waals surface area contributed by atoms with Crippen LogP contribution in [0.15, 0.2) is 36.4 Å². The van der Waals surface area contributed by atoms with Crippen LogP contribution in [0.5, 0.6) is 0 Å². The molecule has 2 aromatic rings. The highest BCUT2D eigenvalue weighted by molar-refractivity contribution is 6.30. The van der Waals surface area contributed by atoms with E-state index in [0.29, 0.717) is 10.6 Å². The van der Waals surface area contributed by atoms with Crippen molar-refractivity contribution in [2.75, 3.05) is 0 Å². The zero-order valence-electron chi connectivity index (χ0n) is 11.5. The molecule has 2 rings (SSSR count). The van der Waals surface area contributed by atoms with Crippen molar-refractivity contribution < 1.29 is 14.3 Å². The van der Waals surface area contributed by atoms with Gasteiger partial charge in [0.05, 0.1) is 6.61 Å². The summed E-state index contributed by atoms with van der Waals surface area (Å²) in [5.74, 6) is -0.680. The lowest BCUT2D eigenvalue weighted by molar-refractivity contribution is 0.0950. The van der Waals surface area contributed by atoms with E-state index in [1.807, 2.05) is 6.92 Å². The smallest absolute Gasteiger partial charge is 0.251 e. The van der Waals surface area contributed by atoms with Gasteiger partial charge in [-0.05, 0) is 48.4 Å². The van der Waals surface area contributed by atoms with Gasteiger partial charge in [0.25, 0.3) is 5.91 Å². The second kappa shape index (κ2) is 6.70. The molecule has 2 N–H and O–H groups in total. The second-order valence-electron chi connectivity index (χ2n) is 4.73. The lowest BCUT2D eigenvalue weighted by Crippen LogP contribution is -2.23. The first-order chi connectivity index (χ1) is 10.0. The van der Waals surface area contributed by atoms with Crippen LogP contribution in [0.2, 0.25) is 5.02 Å².